The zero-order valence-corrected chi connectivity index (χ0v) is 19.9. The van der Waals surface area contributed by atoms with E-state index in [0.717, 1.165) is 63.8 Å². The normalized spacial score (nSPS) is 13.7. The molecular formula is C27H24ClN5O2. The third-order valence-electron chi connectivity index (χ3n) is 6.17. The lowest BCUT2D eigenvalue weighted by molar-refractivity contribution is 0.0211. The Morgan fingerprint density at radius 3 is 2.74 bits per heavy atom. The summed E-state index contributed by atoms with van der Waals surface area (Å²) in [5.74, 6) is 2.30. The predicted octanol–water partition coefficient (Wildman–Crippen LogP) is 5.99. The molecule has 1 saturated heterocycles. The highest BCUT2D eigenvalue weighted by atomic mass is 35.5. The fourth-order valence-electron chi connectivity index (χ4n) is 4.18. The number of halogens is 1. The smallest absolute Gasteiger partial charge is 0.203 e. The first kappa shape index (κ1) is 21.7. The molecule has 3 aromatic carbocycles. The Bertz CT molecular complexity index is 1510. The third-order valence-corrected chi connectivity index (χ3v) is 6.48. The number of ether oxygens (including phenoxy) is 2. The largest absolute Gasteiger partial charge is 0.457 e. The summed E-state index contributed by atoms with van der Waals surface area (Å²) < 4.78 is 13.5. The molecule has 1 aliphatic heterocycles. The Morgan fingerprint density at radius 1 is 1.09 bits per heavy atom. The van der Waals surface area contributed by atoms with Gasteiger partial charge in [0.2, 0.25) is 5.95 Å². The molecule has 2 aromatic heterocycles. The number of hydrogen-bond donors (Lipinski definition) is 2. The SMILES string of the molecule is Cn1c(NCc2ccc(Oc3ccnc4c(Cl)cccc34)cc2)nc2ccc(NC3COC3)cc21. The molecule has 35 heavy (non-hydrogen) atoms. The molecule has 0 unspecified atom stereocenters. The Hall–Kier alpha value is -3.81. The Balaban J connectivity index is 1.14. The van der Waals surface area contributed by atoms with Gasteiger partial charge < -0.3 is 24.7 Å². The van der Waals surface area contributed by atoms with Crippen LogP contribution in [0.2, 0.25) is 5.02 Å². The number of fused-ring (bicyclic) bond motifs is 2. The number of hydrogen-bond acceptors (Lipinski definition) is 6. The molecule has 1 aliphatic rings. The molecule has 5 aromatic rings. The molecule has 0 saturated carbocycles. The number of nitrogens with zero attached hydrogens (tertiary/aromatic N) is 3. The number of pyridine rings is 1. The van der Waals surface area contributed by atoms with Gasteiger partial charge in [-0.1, -0.05) is 29.8 Å². The van der Waals surface area contributed by atoms with Crippen LogP contribution in [-0.4, -0.2) is 33.8 Å². The summed E-state index contributed by atoms with van der Waals surface area (Å²) in [6.45, 7) is 2.16. The van der Waals surface area contributed by atoms with Crippen LogP contribution in [0.25, 0.3) is 21.9 Å². The fourth-order valence-corrected chi connectivity index (χ4v) is 4.40. The number of imidazole rings is 1. The number of anilines is 2. The average Bonchev–Trinajstić information content (AvgIpc) is 3.16. The monoisotopic (exact) mass is 485 g/mol. The Morgan fingerprint density at radius 2 is 1.94 bits per heavy atom. The molecule has 0 amide bonds. The molecule has 3 heterocycles. The highest BCUT2D eigenvalue weighted by Gasteiger charge is 2.18. The first-order valence-electron chi connectivity index (χ1n) is 11.5. The van der Waals surface area contributed by atoms with Crippen molar-refractivity contribution in [1.82, 2.24) is 14.5 Å². The minimum absolute atomic E-state index is 0.389. The molecule has 0 aliphatic carbocycles. The summed E-state index contributed by atoms with van der Waals surface area (Å²) in [5.41, 5.74) is 4.97. The van der Waals surface area contributed by atoms with Crippen molar-refractivity contribution < 1.29 is 9.47 Å². The van der Waals surface area contributed by atoms with E-state index in [4.69, 9.17) is 26.1 Å². The standard InChI is InChI=1S/C27H24ClN5O2/c1-33-24-13-18(31-19-15-34-16-19)7-10-23(24)32-27(33)30-14-17-5-8-20(9-6-17)35-25-11-12-29-26-21(25)3-2-4-22(26)28/h2-13,19,31H,14-16H2,1H3,(H,30,32). The van der Waals surface area contributed by atoms with Gasteiger partial charge in [-0.15, -0.1) is 0 Å². The van der Waals surface area contributed by atoms with Crippen molar-refractivity contribution in [2.45, 2.75) is 12.6 Å². The number of aryl methyl sites for hydroxylation is 1. The summed E-state index contributed by atoms with van der Waals surface area (Å²) in [6, 6.07) is 22.2. The maximum absolute atomic E-state index is 6.27. The lowest BCUT2D eigenvalue weighted by atomic mass is 10.2. The van der Waals surface area contributed by atoms with E-state index in [1.54, 1.807) is 6.20 Å². The lowest BCUT2D eigenvalue weighted by Crippen LogP contribution is -2.40. The molecule has 0 atom stereocenters. The quantitative estimate of drug-likeness (QED) is 0.295. The van der Waals surface area contributed by atoms with Gasteiger partial charge in [-0.25, -0.2) is 4.98 Å². The van der Waals surface area contributed by atoms with E-state index in [0.29, 0.717) is 17.6 Å². The molecule has 0 spiro atoms. The topological polar surface area (TPSA) is 73.2 Å². The molecular weight excluding hydrogens is 462 g/mol. The molecule has 1 fully saturated rings. The summed E-state index contributed by atoms with van der Waals surface area (Å²) in [5, 5.41) is 8.43. The predicted molar refractivity (Wildman–Crippen MR) is 140 cm³/mol. The van der Waals surface area contributed by atoms with Crippen molar-refractivity contribution in [2.75, 3.05) is 23.8 Å². The van der Waals surface area contributed by atoms with E-state index in [2.05, 4.69) is 32.3 Å². The van der Waals surface area contributed by atoms with Gasteiger partial charge in [0.1, 0.15) is 11.5 Å². The minimum atomic E-state index is 0.389. The summed E-state index contributed by atoms with van der Waals surface area (Å²) in [7, 11) is 2.02. The summed E-state index contributed by atoms with van der Waals surface area (Å²) in [6.07, 6.45) is 1.71. The van der Waals surface area contributed by atoms with Crippen LogP contribution in [0.15, 0.2) is 72.9 Å². The number of para-hydroxylation sites is 1. The van der Waals surface area contributed by atoms with Crippen molar-refractivity contribution in [2.24, 2.45) is 7.05 Å². The van der Waals surface area contributed by atoms with Crippen molar-refractivity contribution in [3.63, 3.8) is 0 Å². The van der Waals surface area contributed by atoms with Crippen LogP contribution in [0.3, 0.4) is 0 Å². The first-order valence-corrected chi connectivity index (χ1v) is 11.9. The van der Waals surface area contributed by atoms with Crippen molar-refractivity contribution in [3.05, 3.63) is 83.5 Å². The van der Waals surface area contributed by atoms with Crippen LogP contribution in [0, 0.1) is 0 Å². The number of rotatable bonds is 7. The van der Waals surface area contributed by atoms with Gasteiger partial charge in [0, 0.05) is 30.9 Å². The molecule has 8 heteroatoms. The van der Waals surface area contributed by atoms with Crippen molar-refractivity contribution >= 4 is 45.2 Å². The minimum Gasteiger partial charge on any atom is -0.457 e. The molecule has 0 bridgehead atoms. The van der Waals surface area contributed by atoms with Crippen LogP contribution >= 0.6 is 11.6 Å². The second-order valence-corrected chi connectivity index (χ2v) is 9.03. The van der Waals surface area contributed by atoms with Gasteiger partial charge in [0.25, 0.3) is 0 Å². The Labute approximate surface area is 207 Å². The highest BCUT2D eigenvalue weighted by molar-refractivity contribution is 6.35. The third kappa shape index (κ3) is 4.36. The van der Waals surface area contributed by atoms with Gasteiger partial charge in [-0.3, -0.25) is 4.98 Å². The van der Waals surface area contributed by atoms with E-state index < -0.39 is 0 Å². The molecule has 7 nitrogen and oxygen atoms in total. The summed E-state index contributed by atoms with van der Waals surface area (Å²) >= 11 is 6.27. The number of nitrogens with one attached hydrogen (secondary N) is 2. The zero-order chi connectivity index (χ0) is 23.8. The molecule has 6 rings (SSSR count). The van der Waals surface area contributed by atoms with Gasteiger partial charge in [0.05, 0.1) is 40.8 Å². The van der Waals surface area contributed by atoms with Crippen LogP contribution in [0.1, 0.15) is 5.56 Å². The lowest BCUT2D eigenvalue weighted by Gasteiger charge is -2.27. The van der Waals surface area contributed by atoms with E-state index in [1.165, 1.54) is 0 Å². The van der Waals surface area contributed by atoms with Gasteiger partial charge in [-0.05, 0) is 54.1 Å². The zero-order valence-electron chi connectivity index (χ0n) is 19.2. The molecule has 2 N–H and O–H groups in total. The maximum Gasteiger partial charge on any atom is 0.203 e. The van der Waals surface area contributed by atoms with Gasteiger partial charge in [0.15, 0.2) is 0 Å². The average molecular weight is 486 g/mol. The van der Waals surface area contributed by atoms with E-state index in [1.807, 2.05) is 61.6 Å². The molecule has 0 radical (unpaired) electrons. The first-order chi connectivity index (χ1) is 17.1. The second kappa shape index (κ2) is 9.09. The van der Waals surface area contributed by atoms with Gasteiger partial charge >= 0.3 is 0 Å². The Kier molecular flexibility index (Phi) is 5.64. The van der Waals surface area contributed by atoms with Gasteiger partial charge in [-0.2, -0.15) is 0 Å². The van der Waals surface area contributed by atoms with Crippen LogP contribution in [0.4, 0.5) is 11.6 Å². The van der Waals surface area contributed by atoms with E-state index >= 15 is 0 Å². The van der Waals surface area contributed by atoms with Crippen LogP contribution in [-0.2, 0) is 18.3 Å². The van der Waals surface area contributed by atoms with Crippen molar-refractivity contribution in [1.29, 1.82) is 0 Å². The fraction of sp³-hybridized carbons (Fsp3) is 0.185. The van der Waals surface area contributed by atoms with E-state index in [-0.39, 0.29) is 0 Å². The number of benzene rings is 3. The second-order valence-electron chi connectivity index (χ2n) is 8.62. The number of aromatic nitrogens is 3. The highest BCUT2D eigenvalue weighted by Crippen LogP contribution is 2.32. The summed E-state index contributed by atoms with van der Waals surface area (Å²) in [4.78, 5) is 9.11. The van der Waals surface area contributed by atoms with Crippen molar-refractivity contribution in [3.8, 4) is 11.5 Å². The maximum atomic E-state index is 6.27. The van der Waals surface area contributed by atoms with E-state index in [9.17, 15) is 0 Å². The molecule has 176 valence electrons. The van der Waals surface area contributed by atoms with Crippen LogP contribution < -0.4 is 15.4 Å². The van der Waals surface area contributed by atoms with Crippen LogP contribution in [0.5, 0.6) is 11.5 Å².